The molecule has 8 nitrogen and oxygen atoms in total. The molecule has 0 saturated heterocycles. The topological polar surface area (TPSA) is 125 Å². The fourth-order valence-corrected chi connectivity index (χ4v) is 2.29. The average molecular weight is 388 g/mol. The Hall–Kier alpha value is -2.19. The molecule has 0 radical (unpaired) electrons. The number of hydrogen-bond acceptors (Lipinski definition) is 6. The Morgan fingerprint density at radius 3 is 2.42 bits per heavy atom. The SMILES string of the molecule is CC(N)CCC(=O)NC(CC(=O)OC(C)C)c1ccccc1[N+](=O)[O-].Cl. The number of ether oxygens (including phenoxy) is 1. The summed E-state index contributed by atoms with van der Waals surface area (Å²) >= 11 is 0. The first-order valence-electron chi connectivity index (χ1n) is 8.18. The summed E-state index contributed by atoms with van der Waals surface area (Å²) in [6.45, 7) is 5.20. The van der Waals surface area contributed by atoms with Crippen LogP contribution in [-0.4, -0.2) is 28.9 Å². The van der Waals surface area contributed by atoms with Crippen molar-refractivity contribution in [2.75, 3.05) is 0 Å². The van der Waals surface area contributed by atoms with Gasteiger partial charge in [0.05, 0.1) is 29.1 Å². The number of rotatable bonds is 9. The Kier molecular flexibility index (Phi) is 10.5. The molecule has 0 aliphatic heterocycles. The molecule has 1 aromatic carbocycles. The van der Waals surface area contributed by atoms with Gasteiger partial charge in [-0.05, 0) is 27.2 Å². The summed E-state index contributed by atoms with van der Waals surface area (Å²) in [7, 11) is 0. The van der Waals surface area contributed by atoms with Gasteiger partial charge in [-0.15, -0.1) is 12.4 Å². The molecule has 9 heteroatoms. The zero-order chi connectivity index (χ0) is 19.0. The van der Waals surface area contributed by atoms with Crippen LogP contribution in [-0.2, 0) is 14.3 Å². The Bertz CT molecular complexity index is 622. The van der Waals surface area contributed by atoms with Crippen molar-refractivity contribution in [2.45, 2.75) is 58.2 Å². The van der Waals surface area contributed by atoms with Gasteiger partial charge in [0.2, 0.25) is 5.91 Å². The number of nitrogens with one attached hydrogen (secondary N) is 1. The molecule has 1 amide bonds. The quantitative estimate of drug-likeness (QED) is 0.381. The van der Waals surface area contributed by atoms with E-state index < -0.39 is 16.9 Å². The van der Waals surface area contributed by atoms with Crippen LogP contribution in [0.4, 0.5) is 5.69 Å². The summed E-state index contributed by atoms with van der Waals surface area (Å²) in [5.41, 5.74) is 5.75. The maximum Gasteiger partial charge on any atom is 0.308 e. The highest BCUT2D eigenvalue weighted by Crippen LogP contribution is 2.27. The molecule has 0 fully saturated rings. The highest BCUT2D eigenvalue weighted by Gasteiger charge is 2.26. The fourth-order valence-electron chi connectivity index (χ4n) is 2.29. The van der Waals surface area contributed by atoms with Gasteiger partial charge in [-0.2, -0.15) is 0 Å². The molecule has 0 heterocycles. The van der Waals surface area contributed by atoms with Crippen LogP contribution in [0.25, 0.3) is 0 Å². The van der Waals surface area contributed by atoms with Gasteiger partial charge < -0.3 is 15.8 Å². The number of nitro benzene ring substituents is 1. The molecule has 0 bridgehead atoms. The van der Waals surface area contributed by atoms with E-state index in [1.165, 1.54) is 18.2 Å². The van der Waals surface area contributed by atoms with Crippen LogP contribution in [0.15, 0.2) is 24.3 Å². The van der Waals surface area contributed by atoms with E-state index in [4.69, 9.17) is 10.5 Å². The van der Waals surface area contributed by atoms with Crippen molar-refractivity contribution in [1.29, 1.82) is 0 Å². The molecule has 0 aliphatic carbocycles. The molecule has 0 saturated carbocycles. The molecule has 0 aromatic heterocycles. The molecular formula is C17H26ClN3O5. The molecule has 1 aromatic rings. The lowest BCUT2D eigenvalue weighted by molar-refractivity contribution is -0.385. The van der Waals surface area contributed by atoms with E-state index in [1.54, 1.807) is 26.8 Å². The predicted molar refractivity (Wildman–Crippen MR) is 100.0 cm³/mol. The molecule has 146 valence electrons. The lowest BCUT2D eigenvalue weighted by Crippen LogP contribution is -2.32. The third-order valence-corrected chi connectivity index (χ3v) is 3.41. The Morgan fingerprint density at radius 1 is 1.27 bits per heavy atom. The second-order valence-corrected chi connectivity index (χ2v) is 6.19. The zero-order valence-corrected chi connectivity index (χ0v) is 16.0. The summed E-state index contributed by atoms with van der Waals surface area (Å²) in [5, 5.41) is 13.9. The van der Waals surface area contributed by atoms with Crippen LogP contribution in [0.3, 0.4) is 0 Å². The zero-order valence-electron chi connectivity index (χ0n) is 15.1. The summed E-state index contributed by atoms with van der Waals surface area (Å²) < 4.78 is 5.10. The molecule has 0 aliphatic rings. The number of para-hydroxylation sites is 1. The first-order valence-corrected chi connectivity index (χ1v) is 8.18. The van der Waals surface area contributed by atoms with Crippen LogP contribution >= 0.6 is 12.4 Å². The second kappa shape index (κ2) is 11.4. The molecule has 0 spiro atoms. The molecule has 26 heavy (non-hydrogen) atoms. The minimum absolute atomic E-state index is 0. The van der Waals surface area contributed by atoms with E-state index in [-0.39, 0.29) is 54.6 Å². The Balaban J connectivity index is 0.00000625. The molecule has 3 N–H and O–H groups in total. The molecule has 1 rings (SSSR count). The number of carbonyl (C=O) groups excluding carboxylic acids is 2. The van der Waals surface area contributed by atoms with Gasteiger partial charge in [0.1, 0.15) is 0 Å². The van der Waals surface area contributed by atoms with E-state index in [2.05, 4.69) is 5.32 Å². The maximum atomic E-state index is 12.1. The van der Waals surface area contributed by atoms with Gasteiger partial charge in [0.15, 0.2) is 0 Å². The van der Waals surface area contributed by atoms with Crippen LogP contribution < -0.4 is 11.1 Å². The smallest absolute Gasteiger partial charge is 0.308 e. The summed E-state index contributed by atoms with van der Waals surface area (Å²) in [5.74, 6) is -0.858. The van der Waals surface area contributed by atoms with E-state index in [1.807, 2.05) is 0 Å². The summed E-state index contributed by atoms with van der Waals surface area (Å²) in [4.78, 5) is 34.8. The number of amides is 1. The Labute approximate surface area is 159 Å². The first kappa shape index (κ1) is 23.8. The largest absolute Gasteiger partial charge is 0.463 e. The van der Waals surface area contributed by atoms with Crippen molar-refractivity contribution in [3.05, 3.63) is 39.9 Å². The minimum Gasteiger partial charge on any atom is -0.463 e. The Morgan fingerprint density at radius 2 is 1.88 bits per heavy atom. The van der Waals surface area contributed by atoms with Crippen LogP contribution in [0, 0.1) is 10.1 Å². The number of hydrogen-bond donors (Lipinski definition) is 2. The van der Waals surface area contributed by atoms with E-state index in [0.717, 1.165) is 0 Å². The van der Waals surface area contributed by atoms with E-state index in [0.29, 0.717) is 6.42 Å². The third-order valence-electron chi connectivity index (χ3n) is 3.41. The number of nitro groups is 1. The van der Waals surface area contributed by atoms with Crippen molar-refractivity contribution in [3.63, 3.8) is 0 Å². The van der Waals surface area contributed by atoms with Crippen molar-refractivity contribution in [1.82, 2.24) is 5.32 Å². The number of benzene rings is 1. The van der Waals surface area contributed by atoms with Gasteiger partial charge in [-0.25, -0.2) is 0 Å². The number of halogens is 1. The standard InChI is InChI=1S/C17H25N3O5.ClH/c1-11(2)25-17(22)10-14(19-16(21)9-8-12(3)18)13-6-4-5-7-15(13)20(23)24;/h4-7,11-12,14H,8-10,18H2,1-3H3,(H,19,21);1H. The highest BCUT2D eigenvalue weighted by molar-refractivity contribution is 5.85. The lowest BCUT2D eigenvalue weighted by atomic mass is 10.0. The monoisotopic (exact) mass is 387 g/mol. The summed E-state index contributed by atoms with van der Waals surface area (Å²) in [6, 6.07) is 5.04. The van der Waals surface area contributed by atoms with Gasteiger partial charge in [-0.1, -0.05) is 18.2 Å². The average Bonchev–Trinajstić information content (AvgIpc) is 2.51. The minimum atomic E-state index is -0.839. The molecule has 2 unspecified atom stereocenters. The van der Waals surface area contributed by atoms with Gasteiger partial charge in [0.25, 0.3) is 5.69 Å². The van der Waals surface area contributed by atoms with Crippen molar-refractivity contribution in [3.8, 4) is 0 Å². The van der Waals surface area contributed by atoms with Crippen LogP contribution in [0.5, 0.6) is 0 Å². The fraction of sp³-hybridized carbons (Fsp3) is 0.529. The van der Waals surface area contributed by atoms with Crippen molar-refractivity contribution < 1.29 is 19.2 Å². The number of nitrogens with two attached hydrogens (primary N) is 1. The number of nitrogens with zero attached hydrogens (tertiary/aromatic N) is 1. The summed E-state index contributed by atoms with van der Waals surface area (Å²) in [6.07, 6.45) is 0.153. The van der Waals surface area contributed by atoms with Crippen molar-refractivity contribution >= 4 is 30.0 Å². The lowest BCUT2D eigenvalue weighted by Gasteiger charge is -2.19. The maximum absolute atomic E-state index is 12.1. The van der Waals surface area contributed by atoms with Crippen LogP contribution in [0.1, 0.15) is 51.6 Å². The normalized spacial score (nSPS) is 12.7. The van der Waals surface area contributed by atoms with E-state index >= 15 is 0 Å². The van der Waals surface area contributed by atoms with Gasteiger partial charge in [-0.3, -0.25) is 19.7 Å². The van der Waals surface area contributed by atoms with Crippen LogP contribution in [0.2, 0.25) is 0 Å². The third kappa shape index (κ3) is 8.26. The van der Waals surface area contributed by atoms with Gasteiger partial charge in [0, 0.05) is 18.5 Å². The van der Waals surface area contributed by atoms with Crippen molar-refractivity contribution in [2.24, 2.45) is 5.73 Å². The molecule has 2 atom stereocenters. The number of carbonyl (C=O) groups is 2. The molecular weight excluding hydrogens is 362 g/mol. The van der Waals surface area contributed by atoms with E-state index in [9.17, 15) is 19.7 Å². The highest BCUT2D eigenvalue weighted by atomic mass is 35.5. The number of esters is 1. The second-order valence-electron chi connectivity index (χ2n) is 6.19. The van der Waals surface area contributed by atoms with Gasteiger partial charge >= 0.3 is 5.97 Å². The predicted octanol–water partition coefficient (Wildman–Crippen LogP) is 2.64. The first-order chi connectivity index (χ1) is 11.7.